The number of hydroxylamine groups is 2. The van der Waals surface area contributed by atoms with E-state index in [1.54, 1.807) is 6.92 Å². The third-order valence-electron chi connectivity index (χ3n) is 3.45. The molecule has 98 valence electrons. The van der Waals surface area contributed by atoms with Gasteiger partial charge in [-0.1, -0.05) is 12.7 Å². The molecule has 18 heavy (non-hydrogen) atoms. The van der Waals surface area contributed by atoms with Crippen LogP contribution in [-0.2, 0) is 14.4 Å². The maximum absolute atomic E-state index is 11.9. The molecule has 2 aliphatic heterocycles. The first kappa shape index (κ1) is 13.0. The summed E-state index contributed by atoms with van der Waals surface area (Å²) in [5.74, 6) is -0.764. The van der Waals surface area contributed by atoms with Gasteiger partial charge < -0.3 is 4.90 Å². The lowest BCUT2D eigenvalue weighted by molar-refractivity contribution is -0.206. The topological polar surface area (TPSA) is 49.9 Å². The second kappa shape index (κ2) is 5.04. The van der Waals surface area contributed by atoms with Crippen LogP contribution in [0.15, 0.2) is 23.8 Å². The molecule has 5 nitrogen and oxygen atoms in total. The van der Waals surface area contributed by atoms with Gasteiger partial charge in [-0.05, 0) is 26.8 Å². The molecule has 0 spiro atoms. The van der Waals surface area contributed by atoms with Gasteiger partial charge in [-0.3, -0.25) is 14.4 Å². The van der Waals surface area contributed by atoms with Crippen LogP contribution in [0.1, 0.15) is 19.8 Å². The summed E-state index contributed by atoms with van der Waals surface area (Å²) < 4.78 is 0. The number of carbonyl (C=O) groups is 2. The zero-order valence-corrected chi connectivity index (χ0v) is 10.8. The number of carbonyl (C=O) groups excluding carboxylic acids is 2. The van der Waals surface area contributed by atoms with E-state index in [1.807, 2.05) is 7.05 Å². The van der Waals surface area contributed by atoms with Gasteiger partial charge >= 0.3 is 0 Å². The van der Waals surface area contributed by atoms with Crippen LogP contribution >= 0.6 is 0 Å². The van der Waals surface area contributed by atoms with E-state index in [1.165, 1.54) is 6.08 Å². The van der Waals surface area contributed by atoms with Crippen LogP contribution in [0.5, 0.6) is 0 Å². The Balaban J connectivity index is 2.02. The number of imide groups is 1. The largest absolute Gasteiger partial charge is 0.306 e. The van der Waals surface area contributed by atoms with Crippen LogP contribution in [0.25, 0.3) is 0 Å². The van der Waals surface area contributed by atoms with E-state index >= 15 is 0 Å². The summed E-state index contributed by atoms with van der Waals surface area (Å²) in [6, 6.07) is 0. The minimum atomic E-state index is -0.397. The monoisotopic (exact) mass is 250 g/mol. The molecule has 2 rings (SSSR count). The SMILES string of the molecule is C=CC1=C(C)C(=O)N(OC2CCN(C)CC2)C1=O. The number of nitrogens with zero attached hydrogens (tertiary/aromatic N) is 2. The van der Waals surface area contributed by atoms with Crippen LogP contribution in [0.2, 0.25) is 0 Å². The van der Waals surface area contributed by atoms with Gasteiger partial charge in [0.1, 0.15) is 0 Å². The van der Waals surface area contributed by atoms with Crippen molar-refractivity contribution in [3.63, 3.8) is 0 Å². The van der Waals surface area contributed by atoms with Crippen molar-refractivity contribution in [2.75, 3.05) is 20.1 Å². The highest BCUT2D eigenvalue weighted by atomic mass is 16.7. The second-order valence-corrected chi connectivity index (χ2v) is 4.76. The molecule has 0 atom stereocenters. The van der Waals surface area contributed by atoms with Crippen molar-refractivity contribution in [1.29, 1.82) is 0 Å². The van der Waals surface area contributed by atoms with E-state index in [9.17, 15) is 9.59 Å². The van der Waals surface area contributed by atoms with Crippen LogP contribution < -0.4 is 0 Å². The van der Waals surface area contributed by atoms with Crippen LogP contribution in [-0.4, -0.2) is 48.0 Å². The molecule has 1 fully saturated rings. The van der Waals surface area contributed by atoms with Gasteiger partial charge in [-0.25, -0.2) is 0 Å². The number of amides is 2. The standard InChI is InChI=1S/C13H18N2O3/c1-4-11-9(2)12(16)15(13(11)17)18-10-5-7-14(3)8-6-10/h4,10H,1,5-8H2,2-3H3. The molecule has 0 aromatic rings. The third kappa shape index (κ3) is 2.23. The molecule has 0 N–H and O–H groups in total. The second-order valence-electron chi connectivity index (χ2n) is 4.76. The van der Waals surface area contributed by atoms with Crippen molar-refractivity contribution in [3.05, 3.63) is 23.8 Å². The van der Waals surface area contributed by atoms with Crippen molar-refractivity contribution in [2.24, 2.45) is 0 Å². The summed E-state index contributed by atoms with van der Waals surface area (Å²) in [6.07, 6.45) is 3.01. The molecule has 2 heterocycles. The normalized spacial score (nSPS) is 23.1. The van der Waals surface area contributed by atoms with Gasteiger partial charge in [0.15, 0.2) is 0 Å². The number of hydrogen-bond donors (Lipinski definition) is 0. The first-order valence-electron chi connectivity index (χ1n) is 6.12. The van der Waals surface area contributed by atoms with Crippen molar-refractivity contribution in [1.82, 2.24) is 9.96 Å². The van der Waals surface area contributed by atoms with E-state index < -0.39 is 5.91 Å². The Kier molecular flexibility index (Phi) is 3.63. The summed E-state index contributed by atoms with van der Waals surface area (Å²) in [6.45, 7) is 7.01. The molecule has 0 aromatic heterocycles. The Morgan fingerprint density at radius 3 is 2.39 bits per heavy atom. The molecule has 0 radical (unpaired) electrons. The fourth-order valence-electron chi connectivity index (χ4n) is 2.21. The Hall–Kier alpha value is -1.46. The van der Waals surface area contributed by atoms with Gasteiger partial charge in [0.05, 0.1) is 11.7 Å². The predicted octanol–water partition coefficient (Wildman–Crippen LogP) is 0.883. The average molecular weight is 250 g/mol. The number of hydrogen-bond acceptors (Lipinski definition) is 4. The van der Waals surface area contributed by atoms with Crippen LogP contribution in [0.3, 0.4) is 0 Å². The number of rotatable bonds is 3. The zero-order chi connectivity index (χ0) is 13.3. The summed E-state index contributed by atoms with van der Waals surface area (Å²) in [5, 5.41) is 0.891. The van der Waals surface area contributed by atoms with Gasteiger partial charge in [-0.2, -0.15) is 0 Å². The maximum atomic E-state index is 11.9. The Bertz CT molecular complexity index is 420. The highest BCUT2D eigenvalue weighted by Crippen LogP contribution is 2.24. The van der Waals surface area contributed by atoms with Gasteiger partial charge in [0, 0.05) is 18.7 Å². The van der Waals surface area contributed by atoms with Crippen LogP contribution in [0.4, 0.5) is 0 Å². The molecule has 2 amide bonds. The lowest BCUT2D eigenvalue weighted by Gasteiger charge is -2.30. The van der Waals surface area contributed by atoms with Crippen LogP contribution in [0, 0.1) is 0 Å². The molecule has 0 saturated carbocycles. The highest BCUT2D eigenvalue weighted by Gasteiger charge is 2.37. The molecule has 2 aliphatic rings. The summed E-state index contributed by atoms with van der Waals surface area (Å²) in [5.41, 5.74) is 0.746. The fourth-order valence-corrected chi connectivity index (χ4v) is 2.21. The number of piperidine rings is 1. The predicted molar refractivity (Wildman–Crippen MR) is 66.4 cm³/mol. The summed E-state index contributed by atoms with van der Waals surface area (Å²) in [4.78, 5) is 31.6. The molecule has 0 aliphatic carbocycles. The van der Waals surface area contributed by atoms with Crippen molar-refractivity contribution in [3.8, 4) is 0 Å². The van der Waals surface area contributed by atoms with Crippen molar-refractivity contribution in [2.45, 2.75) is 25.9 Å². The Labute approximate surface area is 107 Å². The van der Waals surface area contributed by atoms with E-state index in [0.717, 1.165) is 31.0 Å². The third-order valence-corrected chi connectivity index (χ3v) is 3.45. The molecule has 1 saturated heterocycles. The van der Waals surface area contributed by atoms with Gasteiger partial charge in [-0.15, -0.1) is 5.06 Å². The van der Waals surface area contributed by atoms with E-state index in [2.05, 4.69) is 11.5 Å². The molecule has 0 unspecified atom stereocenters. The lowest BCUT2D eigenvalue weighted by Crippen LogP contribution is -2.41. The van der Waals surface area contributed by atoms with Gasteiger partial charge in [0.2, 0.25) is 0 Å². The minimum absolute atomic E-state index is 0.0638. The van der Waals surface area contributed by atoms with E-state index in [-0.39, 0.29) is 12.0 Å². The smallest absolute Gasteiger partial charge is 0.285 e. The van der Waals surface area contributed by atoms with E-state index in [4.69, 9.17) is 4.84 Å². The summed E-state index contributed by atoms with van der Waals surface area (Å²) >= 11 is 0. The van der Waals surface area contributed by atoms with Crippen molar-refractivity contribution < 1.29 is 14.4 Å². The molecule has 5 heteroatoms. The Morgan fingerprint density at radius 1 is 1.28 bits per heavy atom. The van der Waals surface area contributed by atoms with Crippen molar-refractivity contribution >= 4 is 11.8 Å². The molecule has 0 bridgehead atoms. The minimum Gasteiger partial charge on any atom is -0.306 e. The first-order chi connectivity index (χ1) is 8.54. The zero-order valence-electron chi connectivity index (χ0n) is 10.8. The van der Waals surface area contributed by atoms with Gasteiger partial charge in [0.25, 0.3) is 11.8 Å². The van der Waals surface area contributed by atoms with E-state index in [0.29, 0.717) is 11.1 Å². The molecular formula is C13H18N2O3. The highest BCUT2D eigenvalue weighted by molar-refractivity contribution is 6.19. The average Bonchev–Trinajstić information content (AvgIpc) is 2.56. The maximum Gasteiger partial charge on any atom is 0.285 e. The molecule has 0 aromatic carbocycles. The molecular weight excluding hydrogens is 232 g/mol. The fraction of sp³-hybridized carbons (Fsp3) is 0.538. The quantitative estimate of drug-likeness (QED) is 0.698. The summed E-state index contributed by atoms with van der Waals surface area (Å²) in [7, 11) is 2.05. The first-order valence-corrected chi connectivity index (χ1v) is 6.12. The Morgan fingerprint density at radius 2 is 1.89 bits per heavy atom. The lowest BCUT2D eigenvalue weighted by atomic mass is 10.1. The number of likely N-dealkylation sites (tertiary alicyclic amines) is 1.